The molecule has 24 heavy (non-hydrogen) atoms. The molecule has 0 fully saturated rings. The first-order valence-corrected chi connectivity index (χ1v) is 7.85. The van der Waals surface area contributed by atoms with Gasteiger partial charge in [-0.2, -0.15) is 0 Å². The third-order valence-corrected chi connectivity index (χ3v) is 3.86. The first-order chi connectivity index (χ1) is 11.4. The van der Waals surface area contributed by atoms with Gasteiger partial charge in [-0.05, 0) is 36.8 Å². The van der Waals surface area contributed by atoms with Gasteiger partial charge in [0.1, 0.15) is 5.69 Å². The number of nitro benzene ring substituents is 1. The zero-order valence-corrected chi connectivity index (χ0v) is 14.3. The molecule has 0 saturated heterocycles. The van der Waals surface area contributed by atoms with Crippen molar-refractivity contribution in [1.82, 2.24) is 5.32 Å². The van der Waals surface area contributed by atoms with Crippen molar-refractivity contribution in [3.05, 3.63) is 68.2 Å². The molecule has 0 bridgehead atoms. The van der Waals surface area contributed by atoms with Crippen LogP contribution in [0.2, 0.25) is 10.0 Å². The summed E-state index contributed by atoms with van der Waals surface area (Å²) in [6.45, 7) is 1.89. The van der Waals surface area contributed by atoms with Crippen molar-refractivity contribution in [2.45, 2.75) is 13.0 Å². The van der Waals surface area contributed by atoms with Crippen LogP contribution in [0, 0.1) is 10.1 Å². The van der Waals surface area contributed by atoms with Gasteiger partial charge in [-0.25, -0.2) is 0 Å². The number of hydrogen-bond donors (Lipinski definition) is 2. The summed E-state index contributed by atoms with van der Waals surface area (Å²) in [5, 5.41) is 17.5. The molecule has 0 aliphatic heterocycles. The van der Waals surface area contributed by atoms with Crippen molar-refractivity contribution in [3.8, 4) is 0 Å². The molecule has 2 rings (SSSR count). The molecule has 1 amide bonds. The van der Waals surface area contributed by atoms with Gasteiger partial charge in [-0.3, -0.25) is 14.9 Å². The minimum Gasteiger partial charge on any atom is -0.319 e. The van der Waals surface area contributed by atoms with Crippen LogP contribution in [-0.4, -0.2) is 17.4 Å². The first-order valence-electron chi connectivity index (χ1n) is 7.09. The smallest absolute Gasteiger partial charge is 0.292 e. The standard InChI is InChI=1S/C16H15Cl2N3O3/c1-10(11-2-4-12(17)5-3-11)19-9-16(22)20-14-8-13(18)6-7-15(14)21(23)24/h2-8,10,19H,9H2,1H3,(H,20,22)/t10-/m1/s1. The third kappa shape index (κ3) is 4.92. The number of carbonyl (C=O) groups excluding carboxylic acids is 1. The maximum atomic E-state index is 12.0. The van der Waals surface area contributed by atoms with Gasteiger partial charge in [-0.15, -0.1) is 0 Å². The summed E-state index contributed by atoms with van der Waals surface area (Å²) in [6.07, 6.45) is 0. The van der Waals surface area contributed by atoms with E-state index < -0.39 is 10.8 Å². The van der Waals surface area contributed by atoms with E-state index in [1.165, 1.54) is 18.2 Å². The van der Waals surface area contributed by atoms with Crippen LogP contribution in [0.4, 0.5) is 11.4 Å². The van der Waals surface area contributed by atoms with E-state index in [2.05, 4.69) is 10.6 Å². The minimum atomic E-state index is -0.574. The number of benzene rings is 2. The lowest BCUT2D eigenvalue weighted by atomic mass is 10.1. The van der Waals surface area contributed by atoms with Crippen LogP contribution >= 0.6 is 23.2 Å². The number of hydrogen-bond acceptors (Lipinski definition) is 4. The van der Waals surface area contributed by atoms with Gasteiger partial charge in [0.05, 0.1) is 11.5 Å². The largest absolute Gasteiger partial charge is 0.319 e. The summed E-state index contributed by atoms with van der Waals surface area (Å²) in [5.41, 5.74) is 0.831. The zero-order chi connectivity index (χ0) is 17.7. The number of halogens is 2. The summed E-state index contributed by atoms with van der Waals surface area (Å²) in [7, 11) is 0. The van der Waals surface area contributed by atoms with E-state index in [1.807, 2.05) is 19.1 Å². The van der Waals surface area contributed by atoms with E-state index in [0.717, 1.165) is 5.56 Å². The number of nitrogens with zero attached hydrogens (tertiary/aromatic N) is 1. The summed E-state index contributed by atoms with van der Waals surface area (Å²) >= 11 is 11.7. The number of nitrogens with one attached hydrogen (secondary N) is 2. The van der Waals surface area contributed by atoms with Gasteiger partial charge in [-0.1, -0.05) is 35.3 Å². The lowest BCUT2D eigenvalue weighted by Crippen LogP contribution is -2.30. The average molecular weight is 368 g/mol. The molecular weight excluding hydrogens is 353 g/mol. The topological polar surface area (TPSA) is 84.3 Å². The molecular formula is C16H15Cl2N3O3. The second-order valence-electron chi connectivity index (χ2n) is 5.12. The van der Waals surface area contributed by atoms with Crippen molar-refractivity contribution in [1.29, 1.82) is 0 Å². The average Bonchev–Trinajstić information content (AvgIpc) is 2.53. The first kappa shape index (κ1) is 18.2. The molecule has 0 aromatic heterocycles. The fourth-order valence-corrected chi connectivity index (χ4v) is 2.38. The Morgan fingerprint density at radius 2 is 1.79 bits per heavy atom. The monoisotopic (exact) mass is 367 g/mol. The number of carbonyl (C=O) groups is 1. The summed E-state index contributed by atoms with van der Waals surface area (Å²) < 4.78 is 0. The normalized spacial score (nSPS) is 11.8. The van der Waals surface area contributed by atoms with E-state index in [1.54, 1.807) is 12.1 Å². The van der Waals surface area contributed by atoms with Gasteiger partial charge in [0.2, 0.25) is 5.91 Å². The number of anilines is 1. The van der Waals surface area contributed by atoms with Crippen LogP contribution in [0.25, 0.3) is 0 Å². The SMILES string of the molecule is C[C@@H](NCC(=O)Nc1cc(Cl)ccc1[N+](=O)[O-])c1ccc(Cl)cc1. The quantitative estimate of drug-likeness (QED) is 0.592. The van der Waals surface area contributed by atoms with Crippen LogP contribution < -0.4 is 10.6 Å². The molecule has 0 heterocycles. The Hall–Kier alpha value is -2.15. The van der Waals surface area contributed by atoms with Gasteiger partial charge < -0.3 is 10.6 Å². The Labute approximate surface area is 148 Å². The molecule has 0 aliphatic carbocycles. The maximum absolute atomic E-state index is 12.0. The summed E-state index contributed by atoms with van der Waals surface area (Å²) in [4.78, 5) is 22.4. The molecule has 2 aromatic rings. The van der Waals surface area contributed by atoms with E-state index in [0.29, 0.717) is 10.0 Å². The van der Waals surface area contributed by atoms with Gasteiger partial charge in [0, 0.05) is 22.2 Å². The highest BCUT2D eigenvalue weighted by Crippen LogP contribution is 2.27. The molecule has 0 saturated carbocycles. The molecule has 1 atom stereocenters. The van der Waals surface area contributed by atoms with E-state index in [-0.39, 0.29) is 24.0 Å². The summed E-state index contributed by atoms with van der Waals surface area (Å²) in [5.74, 6) is -0.402. The number of rotatable bonds is 6. The Bertz CT molecular complexity index is 751. The zero-order valence-electron chi connectivity index (χ0n) is 12.8. The van der Waals surface area contributed by atoms with Crippen LogP contribution in [-0.2, 0) is 4.79 Å². The molecule has 0 spiro atoms. The second-order valence-corrected chi connectivity index (χ2v) is 5.99. The highest BCUT2D eigenvalue weighted by molar-refractivity contribution is 6.31. The van der Waals surface area contributed by atoms with Crippen LogP contribution in [0.3, 0.4) is 0 Å². The van der Waals surface area contributed by atoms with Crippen LogP contribution in [0.1, 0.15) is 18.5 Å². The molecule has 0 radical (unpaired) electrons. The fourth-order valence-electron chi connectivity index (χ4n) is 2.08. The molecule has 126 valence electrons. The molecule has 2 aromatic carbocycles. The molecule has 2 N–H and O–H groups in total. The number of amides is 1. The lowest BCUT2D eigenvalue weighted by Gasteiger charge is -2.14. The third-order valence-electron chi connectivity index (χ3n) is 3.37. The Balaban J connectivity index is 1.97. The second kappa shape index (κ2) is 8.10. The van der Waals surface area contributed by atoms with E-state index >= 15 is 0 Å². The van der Waals surface area contributed by atoms with Crippen molar-refractivity contribution >= 4 is 40.5 Å². The Morgan fingerprint density at radius 3 is 2.42 bits per heavy atom. The fraction of sp³-hybridized carbons (Fsp3) is 0.188. The van der Waals surface area contributed by atoms with Crippen molar-refractivity contribution < 1.29 is 9.72 Å². The lowest BCUT2D eigenvalue weighted by molar-refractivity contribution is -0.383. The highest BCUT2D eigenvalue weighted by atomic mass is 35.5. The molecule has 6 nitrogen and oxygen atoms in total. The summed E-state index contributed by atoms with van der Waals surface area (Å²) in [6, 6.07) is 11.2. The van der Waals surface area contributed by atoms with E-state index in [9.17, 15) is 14.9 Å². The van der Waals surface area contributed by atoms with Crippen molar-refractivity contribution in [2.75, 3.05) is 11.9 Å². The number of nitro groups is 1. The molecule has 0 aliphatic rings. The van der Waals surface area contributed by atoms with Crippen molar-refractivity contribution in [3.63, 3.8) is 0 Å². The van der Waals surface area contributed by atoms with Gasteiger partial charge >= 0.3 is 0 Å². The predicted octanol–water partition coefficient (Wildman–Crippen LogP) is 4.19. The van der Waals surface area contributed by atoms with Gasteiger partial charge in [0.25, 0.3) is 5.69 Å². The van der Waals surface area contributed by atoms with Gasteiger partial charge in [0.15, 0.2) is 0 Å². The van der Waals surface area contributed by atoms with Crippen LogP contribution in [0.5, 0.6) is 0 Å². The Kier molecular flexibility index (Phi) is 6.14. The minimum absolute atomic E-state index is 0.00649. The van der Waals surface area contributed by atoms with Crippen molar-refractivity contribution in [2.24, 2.45) is 0 Å². The Morgan fingerprint density at radius 1 is 1.17 bits per heavy atom. The maximum Gasteiger partial charge on any atom is 0.292 e. The molecule has 8 heteroatoms. The van der Waals surface area contributed by atoms with E-state index in [4.69, 9.17) is 23.2 Å². The predicted molar refractivity (Wildman–Crippen MR) is 94.6 cm³/mol. The van der Waals surface area contributed by atoms with Crippen LogP contribution in [0.15, 0.2) is 42.5 Å². The molecule has 0 unspecified atom stereocenters. The highest BCUT2D eigenvalue weighted by Gasteiger charge is 2.16.